The van der Waals surface area contributed by atoms with Gasteiger partial charge in [0.2, 0.25) is 10.0 Å². The second-order valence-electron chi connectivity index (χ2n) is 5.41. The fraction of sp³-hybridized carbons (Fsp3) is 0.188. The lowest BCUT2D eigenvalue weighted by Crippen LogP contribution is -2.47. The highest BCUT2D eigenvalue weighted by molar-refractivity contribution is 7.89. The van der Waals surface area contributed by atoms with Crippen LogP contribution in [0.15, 0.2) is 59.5 Å². The molecular weight excluding hydrogens is 314 g/mol. The van der Waals surface area contributed by atoms with Gasteiger partial charge in [-0.05, 0) is 36.2 Å². The number of amides is 2. The molecule has 1 aliphatic heterocycles. The lowest BCUT2D eigenvalue weighted by Gasteiger charge is -2.41. The number of nitrogens with zero attached hydrogens (tertiary/aromatic N) is 1. The third-order valence-corrected chi connectivity index (χ3v) is 4.83. The Morgan fingerprint density at radius 1 is 1.09 bits per heavy atom. The molecular formula is C16H17N3O3S. The number of urea groups is 1. The molecule has 2 aromatic carbocycles. The van der Waals surface area contributed by atoms with E-state index in [9.17, 15) is 13.2 Å². The number of sulfonamides is 1. The van der Waals surface area contributed by atoms with E-state index in [-0.39, 0.29) is 17.0 Å². The number of carbonyl (C=O) groups is 1. The van der Waals surface area contributed by atoms with Crippen molar-refractivity contribution in [3.8, 4) is 0 Å². The number of nitrogens with two attached hydrogens (primary N) is 1. The zero-order valence-corrected chi connectivity index (χ0v) is 13.2. The predicted octanol–water partition coefficient (Wildman–Crippen LogP) is 2.31. The zero-order valence-electron chi connectivity index (χ0n) is 12.3. The topological polar surface area (TPSA) is 92.5 Å². The van der Waals surface area contributed by atoms with E-state index < -0.39 is 10.0 Å². The van der Waals surface area contributed by atoms with Crippen LogP contribution in [0.4, 0.5) is 10.5 Å². The van der Waals surface area contributed by atoms with Crippen molar-refractivity contribution in [3.05, 3.63) is 60.2 Å². The molecule has 1 atom stereocenters. The molecule has 1 heterocycles. The average Bonchev–Trinajstić information content (AvgIpc) is 2.46. The Morgan fingerprint density at radius 3 is 2.26 bits per heavy atom. The van der Waals surface area contributed by atoms with E-state index in [2.05, 4.69) is 5.32 Å². The van der Waals surface area contributed by atoms with Crippen LogP contribution in [0.1, 0.15) is 18.0 Å². The highest BCUT2D eigenvalue weighted by Gasteiger charge is 2.33. The molecule has 0 radical (unpaired) electrons. The summed E-state index contributed by atoms with van der Waals surface area (Å²) >= 11 is 0. The quantitative estimate of drug-likeness (QED) is 0.904. The van der Waals surface area contributed by atoms with Crippen molar-refractivity contribution < 1.29 is 13.2 Å². The van der Waals surface area contributed by atoms with Crippen molar-refractivity contribution >= 4 is 21.7 Å². The number of primary sulfonamides is 1. The van der Waals surface area contributed by atoms with Crippen LogP contribution in [0.25, 0.3) is 0 Å². The average molecular weight is 331 g/mol. The summed E-state index contributed by atoms with van der Waals surface area (Å²) in [7, 11) is -3.73. The summed E-state index contributed by atoms with van der Waals surface area (Å²) in [5.41, 5.74) is 1.64. The fourth-order valence-corrected chi connectivity index (χ4v) is 3.09. The molecule has 23 heavy (non-hydrogen) atoms. The Bertz CT molecular complexity index is 804. The lowest BCUT2D eigenvalue weighted by atomic mass is 9.95. The zero-order chi connectivity index (χ0) is 16.4. The Kier molecular flexibility index (Phi) is 4.06. The molecule has 120 valence electrons. The highest BCUT2D eigenvalue weighted by atomic mass is 32.2. The normalized spacial score (nSPS) is 17.4. The first-order valence-electron chi connectivity index (χ1n) is 7.20. The minimum Gasteiger partial charge on any atom is -0.317 e. The van der Waals surface area contributed by atoms with E-state index in [0.29, 0.717) is 12.2 Å². The molecule has 0 saturated carbocycles. The van der Waals surface area contributed by atoms with Gasteiger partial charge in [-0.3, -0.25) is 0 Å². The largest absolute Gasteiger partial charge is 0.322 e. The van der Waals surface area contributed by atoms with Gasteiger partial charge in [0.25, 0.3) is 0 Å². The van der Waals surface area contributed by atoms with Gasteiger partial charge in [0, 0.05) is 12.2 Å². The highest BCUT2D eigenvalue weighted by Crippen LogP contribution is 2.33. The van der Waals surface area contributed by atoms with Crippen molar-refractivity contribution in [2.75, 3.05) is 11.9 Å². The van der Waals surface area contributed by atoms with Crippen LogP contribution in [0.2, 0.25) is 0 Å². The van der Waals surface area contributed by atoms with Crippen LogP contribution in [-0.4, -0.2) is 25.9 Å². The van der Waals surface area contributed by atoms with E-state index in [1.165, 1.54) is 24.3 Å². The molecule has 0 bridgehead atoms. The summed E-state index contributed by atoms with van der Waals surface area (Å²) < 4.78 is 22.4. The van der Waals surface area contributed by atoms with Crippen molar-refractivity contribution in [2.45, 2.75) is 17.4 Å². The minimum atomic E-state index is -3.73. The summed E-state index contributed by atoms with van der Waals surface area (Å²) in [5, 5.41) is 7.82. The number of nitrogens with one attached hydrogen (secondary N) is 1. The van der Waals surface area contributed by atoms with Crippen LogP contribution >= 0.6 is 0 Å². The van der Waals surface area contributed by atoms with Gasteiger partial charge < -0.3 is 10.2 Å². The molecule has 3 N–H and O–H groups in total. The first-order valence-corrected chi connectivity index (χ1v) is 8.75. The Labute approximate surface area is 135 Å². The molecule has 1 aliphatic rings. The summed E-state index contributed by atoms with van der Waals surface area (Å²) in [6.07, 6.45) is 0.932. The number of benzene rings is 2. The summed E-state index contributed by atoms with van der Waals surface area (Å²) in [5.74, 6) is 0. The van der Waals surface area contributed by atoms with Gasteiger partial charge in [-0.2, -0.15) is 0 Å². The number of rotatable bonds is 3. The molecule has 0 aliphatic carbocycles. The molecule has 1 saturated heterocycles. The maximum atomic E-state index is 12.3. The Morgan fingerprint density at radius 2 is 1.74 bits per heavy atom. The molecule has 6 nitrogen and oxygen atoms in total. The van der Waals surface area contributed by atoms with Gasteiger partial charge in [0.15, 0.2) is 0 Å². The number of anilines is 1. The number of hydrogen-bond donors (Lipinski definition) is 2. The van der Waals surface area contributed by atoms with Gasteiger partial charge in [-0.15, -0.1) is 0 Å². The van der Waals surface area contributed by atoms with Crippen LogP contribution in [0, 0.1) is 0 Å². The molecule has 1 fully saturated rings. The van der Waals surface area contributed by atoms with E-state index in [4.69, 9.17) is 5.14 Å². The van der Waals surface area contributed by atoms with Crippen LogP contribution in [0.3, 0.4) is 0 Å². The number of carbonyl (C=O) groups excluding carboxylic acids is 1. The molecule has 2 amide bonds. The van der Waals surface area contributed by atoms with Crippen LogP contribution in [-0.2, 0) is 10.0 Å². The number of likely N-dealkylation sites (tertiary alicyclic amines) is 1. The molecule has 0 aromatic heterocycles. The second kappa shape index (κ2) is 6.02. The third-order valence-electron chi connectivity index (χ3n) is 3.90. The Hall–Kier alpha value is -2.38. The number of hydrogen-bond acceptors (Lipinski definition) is 3. The van der Waals surface area contributed by atoms with Crippen LogP contribution < -0.4 is 10.5 Å². The monoisotopic (exact) mass is 331 g/mol. The summed E-state index contributed by atoms with van der Waals surface area (Å²) in [4.78, 5) is 14.1. The predicted molar refractivity (Wildman–Crippen MR) is 87.3 cm³/mol. The molecule has 0 spiro atoms. The van der Waals surface area contributed by atoms with E-state index in [1.807, 2.05) is 30.3 Å². The van der Waals surface area contributed by atoms with Crippen molar-refractivity contribution in [3.63, 3.8) is 0 Å². The smallest absolute Gasteiger partial charge is 0.317 e. The van der Waals surface area contributed by atoms with Crippen molar-refractivity contribution in [1.29, 1.82) is 0 Å². The van der Waals surface area contributed by atoms with E-state index in [0.717, 1.165) is 12.0 Å². The van der Waals surface area contributed by atoms with Gasteiger partial charge in [-0.1, -0.05) is 30.3 Å². The second-order valence-corrected chi connectivity index (χ2v) is 6.97. The standard InChI is InChI=1S/C16H17N3O3S/c17-23(21,22)14-8-6-13(7-9-14)18-16(20)19-11-10-15(19)12-4-2-1-3-5-12/h1-9,15H,10-11H2,(H,18,20)(H2,17,21,22). The minimum absolute atomic E-state index is 0.0154. The van der Waals surface area contributed by atoms with Gasteiger partial charge in [0.1, 0.15) is 0 Å². The van der Waals surface area contributed by atoms with Gasteiger partial charge in [-0.25, -0.2) is 18.4 Å². The fourth-order valence-electron chi connectivity index (χ4n) is 2.58. The van der Waals surface area contributed by atoms with Crippen LogP contribution in [0.5, 0.6) is 0 Å². The molecule has 7 heteroatoms. The maximum Gasteiger partial charge on any atom is 0.322 e. The molecule has 1 unspecified atom stereocenters. The van der Waals surface area contributed by atoms with Crippen molar-refractivity contribution in [1.82, 2.24) is 4.90 Å². The Balaban J connectivity index is 1.68. The summed E-state index contributed by atoms with van der Waals surface area (Å²) in [6, 6.07) is 15.5. The summed E-state index contributed by atoms with van der Waals surface area (Å²) in [6.45, 7) is 0.695. The SMILES string of the molecule is NS(=O)(=O)c1ccc(NC(=O)N2CCC2c2ccccc2)cc1. The van der Waals surface area contributed by atoms with Gasteiger partial charge >= 0.3 is 6.03 Å². The first kappa shape index (κ1) is 15.5. The maximum absolute atomic E-state index is 12.3. The molecule has 3 rings (SSSR count). The first-order chi connectivity index (χ1) is 10.9. The van der Waals surface area contributed by atoms with Crippen molar-refractivity contribution in [2.24, 2.45) is 5.14 Å². The van der Waals surface area contributed by atoms with E-state index in [1.54, 1.807) is 4.90 Å². The molecule has 2 aromatic rings. The third kappa shape index (κ3) is 3.35. The van der Waals surface area contributed by atoms with E-state index >= 15 is 0 Å². The lowest BCUT2D eigenvalue weighted by molar-refractivity contribution is 0.126. The van der Waals surface area contributed by atoms with Gasteiger partial charge in [0.05, 0.1) is 10.9 Å².